The number of fused-ring (bicyclic) bond motifs is 4. The van der Waals surface area contributed by atoms with Gasteiger partial charge in [0.1, 0.15) is 40.7 Å². The van der Waals surface area contributed by atoms with Crippen LogP contribution >= 0.6 is 0 Å². The highest BCUT2D eigenvalue weighted by Gasteiger charge is 2.26. The number of hydrogen-bond acceptors (Lipinski definition) is 13. The normalized spacial score (nSPS) is 11.1. The zero-order valence-electron chi connectivity index (χ0n) is 74.5. The second-order valence-electron chi connectivity index (χ2n) is 32.2. The Morgan fingerprint density at radius 3 is 0.891 bits per heavy atom. The highest BCUT2D eigenvalue weighted by atomic mass is 19.2. The van der Waals surface area contributed by atoms with Crippen molar-refractivity contribution < 1.29 is 63.1 Å². The standard InChI is InChI=1S/2C27H19F3N4O.C27H20F2N4O.C26H19F2N5O/c1-15-11-18(8-9-22(15)28)33-27(35)21-12-17(13-31-16(21)2)19-6-4-10-34-24(19)14-32-26(34)20-5-3-7-23(29)25(20)30;1-15-8-9-23(22(29)11-15)33-27(35)20-12-17(13-31-16(20)2)18-6-4-10-34-24(18)14-32-26(34)19-5-3-7-21(28)25(19)30;1-16-8-10-19(11-9-16)32-27(34)22-13-18(14-30-17(22)2)20-6-4-12-33-24(20)15-31-26(33)21-5-3-7-23(28)25(21)29;1-15-8-9-23(30-12-15)32-26(34)20-11-17(13-29-16(20)2)18-6-4-10-33-22(18)14-31-25(33)19-5-3-7-21(27)24(19)28/h2*3-14H,1-2H3,(H,33,35);3-15H,1-2H3,(H,32,34);3-14H,1-2H3,(H,30,32,34). The number of halogens is 10. The van der Waals surface area contributed by atoms with Crippen molar-refractivity contribution in [1.82, 2.24) is 62.5 Å². The molecule has 4 amide bonds. The molecule has 0 saturated carbocycles. The number of pyridine rings is 9. The molecule has 0 fully saturated rings. The summed E-state index contributed by atoms with van der Waals surface area (Å²) in [5.74, 6) is -8.50. The number of carbonyl (C=O) groups excluding carboxylic acids is 4. The molecule has 31 heteroatoms. The van der Waals surface area contributed by atoms with Crippen molar-refractivity contribution in [2.45, 2.75) is 55.4 Å². The van der Waals surface area contributed by atoms with Gasteiger partial charge in [0, 0.05) is 112 Å². The zero-order valence-corrected chi connectivity index (χ0v) is 74.5. The molecule has 0 radical (unpaired) electrons. The van der Waals surface area contributed by atoms with Crippen LogP contribution < -0.4 is 21.3 Å². The van der Waals surface area contributed by atoms with Crippen LogP contribution in [-0.4, -0.2) is 86.1 Å². The van der Waals surface area contributed by atoms with Crippen molar-refractivity contribution in [2.24, 2.45) is 0 Å². The fourth-order valence-corrected chi connectivity index (χ4v) is 15.6. The smallest absolute Gasteiger partial charge is 0.258 e. The van der Waals surface area contributed by atoms with Crippen molar-refractivity contribution in [2.75, 3.05) is 21.3 Å². The first-order valence-electron chi connectivity index (χ1n) is 42.8. The summed E-state index contributed by atoms with van der Waals surface area (Å²) in [7, 11) is 0. The summed E-state index contributed by atoms with van der Waals surface area (Å²) in [4.78, 5) is 91.0. The summed E-state index contributed by atoms with van der Waals surface area (Å²) in [5.41, 5.74) is 16.5. The molecule has 0 bridgehead atoms. The van der Waals surface area contributed by atoms with E-state index in [1.54, 1.807) is 206 Å². The molecule has 138 heavy (non-hydrogen) atoms. The Kier molecular flexibility index (Phi) is 26.2. The van der Waals surface area contributed by atoms with Gasteiger partial charge in [0.2, 0.25) is 0 Å². The SMILES string of the molecule is Cc1cc(NC(=O)c2cc(-c3cccn4c(-c5cccc(F)c5F)ncc34)cnc2C)ccc1F.Cc1ccc(NC(=O)c2cc(-c3cccn4c(-c5cccc(F)c5F)ncc34)cnc2C)c(F)c1.Cc1ccc(NC(=O)c2cc(-c3cccn4c(-c5cccc(F)c5F)ncc34)cnc2C)cc1.Cc1ccc(NC(=O)c2cc(-c3cccn4c(-c5cccc(F)c5F)ncc34)cnc2C)nc1. The third-order valence-corrected chi connectivity index (χ3v) is 22.9. The maximum absolute atomic E-state index is 14.4. The van der Waals surface area contributed by atoms with E-state index in [0.29, 0.717) is 118 Å². The highest BCUT2D eigenvalue weighted by Crippen LogP contribution is 2.38. The van der Waals surface area contributed by atoms with Crippen molar-refractivity contribution in [3.63, 3.8) is 0 Å². The molecular weight excluding hydrogens is 1780 g/mol. The van der Waals surface area contributed by atoms with Gasteiger partial charge in [-0.1, -0.05) is 78.4 Å². The zero-order chi connectivity index (χ0) is 97.0. The lowest BCUT2D eigenvalue weighted by Gasteiger charge is -2.11. The number of benzene rings is 7. The Morgan fingerprint density at radius 1 is 0.246 bits per heavy atom. The minimum Gasteiger partial charge on any atom is -0.322 e. The van der Waals surface area contributed by atoms with Crippen LogP contribution in [0.25, 0.3) is 112 Å². The quantitative estimate of drug-likeness (QED) is 0.0658. The number of nitrogens with zero attached hydrogens (tertiary/aromatic N) is 13. The molecule has 20 aromatic rings. The Labute approximate surface area is 781 Å². The monoisotopic (exact) mass is 1850 g/mol. The third-order valence-electron chi connectivity index (χ3n) is 22.9. The largest absolute Gasteiger partial charge is 0.322 e. The average molecular weight is 1850 g/mol. The van der Waals surface area contributed by atoms with Gasteiger partial charge in [-0.3, -0.25) is 56.7 Å². The van der Waals surface area contributed by atoms with Gasteiger partial charge in [0.05, 0.1) is 120 Å². The number of nitrogens with one attached hydrogen (secondary N) is 4. The van der Waals surface area contributed by atoms with E-state index < -0.39 is 58.3 Å². The first kappa shape index (κ1) is 92.1. The minimum atomic E-state index is -0.982. The molecule has 20 rings (SSSR count). The summed E-state index contributed by atoms with van der Waals surface area (Å²) in [5, 5.41) is 11.1. The predicted octanol–water partition coefficient (Wildman–Crippen LogP) is 24.5. The Hall–Kier alpha value is -17.8. The van der Waals surface area contributed by atoms with E-state index in [9.17, 15) is 63.1 Å². The molecule has 13 aromatic heterocycles. The maximum atomic E-state index is 14.4. The minimum absolute atomic E-state index is 0.0318. The second-order valence-corrected chi connectivity index (χ2v) is 32.2. The van der Waals surface area contributed by atoms with Crippen LogP contribution in [-0.2, 0) is 0 Å². The van der Waals surface area contributed by atoms with Crippen LogP contribution in [0.2, 0.25) is 0 Å². The lowest BCUT2D eigenvalue weighted by Crippen LogP contribution is -2.15. The summed E-state index contributed by atoms with van der Waals surface area (Å²) >= 11 is 0. The van der Waals surface area contributed by atoms with E-state index in [-0.39, 0.29) is 80.3 Å². The van der Waals surface area contributed by atoms with E-state index in [1.165, 1.54) is 72.8 Å². The fraction of sp³-hybridized carbons (Fsp3) is 0.0748. The van der Waals surface area contributed by atoms with Gasteiger partial charge in [-0.05, 0) is 218 Å². The second kappa shape index (κ2) is 39.2. The molecule has 0 aliphatic rings. The van der Waals surface area contributed by atoms with Crippen molar-refractivity contribution in [1.29, 1.82) is 0 Å². The van der Waals surface area contributed by atoms with Crippen LogP contribution in [0, 0.1) is 114 Å². The van der Waals surface area contributed by atoms with Crippen LogP contribution in [0.1, 0.15) is 86.5 Å². The van der Waals surface area contributed by atoms with Gasteiger partial charge >= 0.3 is 0 Å². The lowest BCUT2D eigenvalue weighted by molar-refractivity contribution is 0.101. The van der Waals surface area contributed by atoms with Crippen molar-refractivity contribution in [3.05, 3.63) is 424 Å². The lowest BCUT2D eigenvalue weighted by atomic mass is 10.0. The molecule has 0 atom stereocenters. The molecule has 0 saturated heterocycles. The van der Waals surface area contributed by atoms with Crippen molar-refractivity contribution >= 4 is 68.6 Å². The molecule has 13 heterocycles. The molecular formula is C107H77F10N17O4. The molecule has 0 spiro atoms. The number of carbonyl (C=O) groups is 4. The van der Waals surface area contributed by atoms with Crippen LogP contribution in [0.15, 0.2) is 299 Å². The fourth-order valence-electron chi connectivity index (χ4n) is 15.6. The summed E-state index contributed by atoms with van der Waals surface area (Å²) in [6.07, 6.45) is 21.4. The van der Waals surface area contributed by atoms with Crippen LogP contribution in [0.5, 0.6) is 0 Å². The number of hydrogen-bond donors (Lipinski definition) is 4. The molecule has 684 valence electrons. The van der Waals surface area contributed by atoms with E-state index in [4.69, 9.17) is 0 Å². The number of amides is 4. The molecule has 7 aromatic carbocycles. The summed E-state index contributed by atoms with van der Waals surface area (Å²) in [6, 6.07) is 57.3. The van der Waals surface area contributed by atoms with Gasteiger partial charge in [0.15, 0.2) is 46.5 Å². The highest BCUT2D eigenvalue weighted by molar-refractivity contribution is 6.09. The number of aromatic nitrogens is 13. The first-order chi connectivity index (χ1) is 66.5. The van der Waals surface area contributed by atoms with Crippen LogP contribution in [0.3, 0.4) is 0 Å². The molecule has 0 aliphatic heterocycles. The number of aryl methyl sites for hydroxylation is 8. The van der Waals surface area contributed by atoms with Gasteiger partial charge in [-0.25, -0.2) is 68.8 Å². The van der Waals surface area contributed by atoms with Gasteiger partial charge in [-0.2, -0.15) is 0 Å². The van der Waals surface area contributed by atoms with E-state index in [2.05, 4.69) is 66.1 Å². The summed E-state index contributed by atoms with van der Waals surface area (Å²) < 4.78 is 147. The molecule has 4 N–H and O–H groups in total. The van der Waals surface area contributed by atoms with E-state index >= 15 is 0 Å². The summed E-state index contributed by atoms with van der Waals surface area (Å²) in [6.45, 7) is 14.2. The number of rotatable bonds is 16. The number of anilines is 4. The van der Waals surface area contributed by atoms with Crippen LogP contribution in [0.4, 0.5) is 66.8 Å². The van der Waals surface area contributed by atoms with E-state index in [1.807, 2.05) is 68.4 Å². The maximum Gasteiger partial charge on any atom is 0.258 e. The predicted molar refractivity (Wildman–Crippen MR) is 508 cm³/mol. The number of imidazole rings is 4. The van der Waals surface area contributed by atoms with E-state index in [0.717, 1.165) is 52.1 Å². The Morgan fingerprint density at radius 2 is 0.558 bits per heavy atom. The Bertz CT molecular complexity index is 7970. The molecule has 21 nitrogen and oxygen atoms in total. The average Bonchev–Trinajstić information content (AvgIpc) is 1.62. The van der Waals surface area contributed by atoms with Gasteiger partial charge in [-0.15, -0.1) is 0 Å². The van der Waals surface area contributed by atoms with Gasteiger partial charge < -0.3 is 21.3 Å². The van der Waals surface area contributed by atoms with Gasteiger partial charge in [0.25, 0.3) is 23.6 Å². The Balaban J connectivity index is 0.000000127. The molecule has 0 unspecified atom stereocenters. The topological polar surface area (TPSA) is 250 Å². The first-order valence-corrected chi connectivity index (χ1v) is 42.8. The van der Waals surface area contributed by atoms with Crippen molar-refractivity contribution in [3.8, 4) is 90.1 Å². The molecule has 0 aliphatic carbocycles. The third kappa shape index (κ3) is 19.0.